The summed E-state index contributed by atoms with van der Waals surface area (Å²) in [5.74, 6) is 0.464. The molecule has 1 unspecified atom stereocenters. The lowest BCUT2D eigenvalue weighted by molar-refractivity contribution is 0.336. The zero-order chi connectivity index (χ0) is 13.3. The smallest absolute Gasteiger partial charge is 0.151 e. The summed E-state index contributed by atoms with van der Waals surface area (Å²) in [6.45, 7) is 6.47. The maximum absolute atomic E-state index is 13.5. The van der Waals surface area contributed by atoms with E-state index in [-0.39, 0.29) is 17.3 Å². The number of aromatic amines is 1. The van der Waals surface area contributed by atoms with Crippen molar-refractivity contribution in [3.63, 3.8) is 0 Å². The molecule has 3 nitrogen and oxygen atoms in total. The van der Waals surface area contributed by atoms with Gasteiger partial charge in [0.05, 0.1) is 5.52 Å². The van der Waals surface area contributed by atoms with Gasteiger partial charge in [-0.05, 0) is 24.0 Å². The van der Waals surface area contributed by atoms with Crippen LogP contribution in [0.3, 0.4) is 0 Å². The number of hydrogen-bond acceptors (Lipinski definition) is 2. The Bertz CT molecular complexity index is 539. The highest BCUT2D eigenvalue weighted by Gasteiger charge is 2.17. The number of halogens is 1. The van der Waals surface area contributed by atoms with Crippen LogP contribution in [0, 0.1) is 11.2 Å². The third-order valence-corrected chi connectivity index (χ3v) is 2.84. The Hall–Kier alpha value is -1.42. The van der Waals surface area contributed by atoms with Crippen LogP contribution in [0.1, 0.15) is 33.0 Å². The number of rotatable bonds is 3. The van der Waals surface area contributed by atoms with Crippen molar-refractivity contribution < 1.29 is 4.39 Å². The summed E-state index contributed by atoms with van der Waals surface area (Å²) in [5.41, 5.74) is 7.42. The molecule has 0 fully saturated rings. The number of nitrogens with two attached hydrogens (primary N) is 1. The first-order valence-corrected chi connectivity index (χ1v) is 6.24. The van der Waals surface area contributed by atoms with Crippen molar-refractivity contribution in [2.75, 3.05) is 0 Å². The predicted octanol–water partition coefficient (Wildman–Crippen LogP) is 3.01. The number of nitrogens with one attached hydrogen (secondary N) is 1. The third kappa shape index (κ3) is 3.07. The van der Waals surface area contributed by atoms with Crippen LogP contribution in [0.4, 0.5) is 4.39 Å². The van der Waals surface area contributed by atoms with E-state index in [2.05, 4.69) is 30.7 Å². The standard InChI is InChI=1S/C14H20FN3/c1-14(2,3)8-9(16)7-12-17-11-6-4-5-10(15)13(11)18-12/h4-6,9H,7-8,16H2,1-3H3,(H,17,18). The number of para-hydroxylation sites is 1. The van der Waals surface area contributed by atoms with E-state index in [0.717, 1.165) is 17.8 Å². The lowest BCUT2D eigenvalue weighted by Gasteiger charge is -2.22. The zero-order valence-electron chi connectivity index (χ0n) is 11.1. The van der Waals surface area contributed by atoms with Crippen LogP contribution < -0.4 is 5.73 Å². The molecular formula is C14H20FN3. The van der Waals surface area contributed by atoms with E-state index in [1.54, 1.807) is 6.07 Å². The number of nitrogens with zero attached hydrogens (tertiary/aromatic N) is 1. The monoisotopic (exact) mass is 249 g/mol. The van der Waals surface area contributed by atoms with Gasteiger partial charge in [0, 0.05) is 12.5 Å². The summed E-state index contributed by atoms with van der Waals surface area (Å²) >= 11 is 0. The molecular weight excluding hydrogens is 229 g/mol. The third-order valence-electron chi connectivity index (χ3n) is 2.84. The molecule has 4 heteroatoms. The lowest BCUT2D eigenvalue weighted by atomic mass is 9.87. The highest BCUT2D eigenvalue weighted by atomic mass is 19.1. The van der Waals surface area contributed by atoms with Gasteiger partial charge in [-0.1, -0.05) is 26.8 Å². The van der Waals surface area contributed by atoms with Gasteiger partial charge in [-0.3, -0.25) is 0 Å². The van der Waals surface area contributed by atoms with Crippen LogP contribution >= 0.6 is 0 Å². The molecule has 1 aromatic heterocycles. The van der Waals surface area contributed by atoms with Crippen LogP contribution in [-0.4, -0.2) is 16.0 Å². The van der Waals surface area contributed by atoms with Gasteiger partial charge < -0.3 is 10.7 Å². The fourth-order valence-corrected chi connectivity index (χ4v) is 2.25. The highest BCUT2D eigenvalue weighted by molar-refractivity contribution is 5.75. The summed E-state index contributed by atoms with van der Waals surface area (Å²) in [5, 5.41) is 0. The number of aromatic nitrogens is 2. The van der Waals surface area contributed by atoms with Crippen LogP contribution in [0.25, 0.3) is 11.0 Å². The van der Waals surface area contributed by atoms with E-state index in [1.165, 1.54) is 6.07 Å². The first-order valence-electron chi connectivity index (χ1n) is 6.24. The van der Waals surface area contributed by atoms with Gasteiger partial charge in [-0.25, -0.2) is 9.37 Å². The summed E-state index contributed by atoms with van der Waals surface area (Å²) in [6.07, 6.45) is 1.55. The lowest BCUT2D eigenvalue weighted by Crippen LogP contribution is -2.28. The van der Waals surface area contributed by atoms with Gasteiger partial charge in [-0.15, -0.1) is 0 Å². The number of imidazole rings is 1. The average molecular weight is 249 g/mol. The normalized spacial score (nSPS) is 14.1. The fraction of sp³-hybridized carbons (Fsp3) is 0.500. The van der Waals surface area contributed by atoms with E-state index in [9.17, 15) is 4.39 Å². The Morgan fingerprint density at radius 1 is 1.39 bits per heavy atom. The molecule has 1 heterocycles. The van der Waals surface area contributed by atoms with Crippen molar-refractivity contribution in [1.29, 1.82) is 0 Å². The molecule has 0 aliphatic heterocycles. The van der Waals surface area contributed by atoms with E-state index in [1.807, 2.05) is 6.07 Å². The molecule has 0 aliphatic carbocycles. The largest absolute Gasteiger partial charge is 0.342 e. The number of hydrogen-bond donors (Lipinski definition) is 2. The maximum Gasteiger partial charge on any atom is 0.151 e. The summed E-state index contributed by atoms with van der Waals surface area (Å²) < 4.78 is 13.5. The van der Waals surface area contributed by atoms with Gasteiger partial charge in [0.2, 0.25) is 0 Å². The van der Waals surface area contributed by atoms with Crippen LogP contribution in [0.15, 0.2) is 18.2 Å². The van der Waals surface area contributed by atoms with E-state index in [0.29, 0.717) is 11.9 Å². The Morgan fingerprint density at radius 2 is 2.11 bits per heavy atom. The van der Waals surface area contributed by atoms with Crippen molar-refractivity contribution in [3.05, 3.63) is 29.8 Å². The molecule has 2 rings (SSSR count). The molecule has 0 spiro atoms. The number of benzene rings is 1. The topological polar surface area (TPSA) is 54.7 Å². The Labute approximate surface area is 107 Å². The van der Waals surface area contributed by atoms with Crippen molar-refractivity contribution in [3.8, 4) is 0 Å². The first-order chi connectivity index (χ1) is 8.35. The minimum absolute atomic E-state index is 0.0358. The molecule has 0 aliphatic rings. The fourth-order valence-electron chi connectivity index (χ4n) is 2.25. The Morgan fingerprint density at radius 3 is 2.72 bits per heavy atom. The average Bonchev–Trinajstić information content (AvgIpc) is 2.58. The molecule has 1 aromatic carbocycles. The minimum Gasteiger partial charge on any atom is -0.342 e. The molecule has 0 saturated carbocycles. The predicted molar refractivity (Wildman–Crippen MR) is 71.8 cm³/mol. The molecule has 0 radical (unpaired) electrons. The second-order valence-electron chi connectivity index (χ2n) is 6.05. The SMILES string of the molecule is CC(C)(C)CC(N)Cc1nc2c(F)cccc2[nH]1. The number of H-pyrrole nitrogens is 1. The van der Waals surface area contributed by atoms with Gasteiger partial charge in [-0.2, -0.15) is 0 Å². The van der Waals surface area contributed by atoms with Gasteiger partial charge in [0.25, 0.3) is 0 Å². The van der Waals surface area contributed by atoms with Crippen molar-refractivity contribution >= 4 is 11.0 Å². The second kappa shape index (κ2) is 4.69. The zero-order valence-corrected chi connectivity index (χ0v) is 11.1. The molecule has 0 amide bonds. The molecule has 0 saturated heterocycles. The van der Waals surface area contributed by atoms with Crippen molar-refractivity contribution in [2.45, 2.75) is 39.7 Å². The van der Waals surface area contributed by atoms with Crippen molar-refractivity contribution in [1.82, 2.24) is 9.97 Å². The molecule has 1 atom stereocenters. The highest BCUT2D eigenvalue weighted by Crippen LogP contribution is 2.22. The van der Waals surface area contributed by atoms with Crippen LogP contribution in [0.5, 0.6) is 0 Å². The van der Waals surface area contributed by atoms with Crippen LogP contribution in [0.2, 0.25) is 0 Å². The molecule has 0 bridgehead atoms. The molecule has 18 heavy (non-hydrogen) atoms. The summed E-state index contributed by atoms with van der Waals surface area (Å²) in [6, 6.07) is 4.95. The molecule has 2 aromatic rings. The quantitative estimate of drug-likeness (QED) is 0.878. The van der Waals surface area contributed by atoms with E-state index >= 15 is 0 Å². The van der Waals surface area contributed by atoms with E-state index in [4.69, 9.17) is 5.73 Å². The maximum atomic E-state index is 13.5. The van der Waals surface area contributed by atoms with Crippen LogP contribution in [-0.2, 0) is 6.42 Å². The Kier molecular flexibility index (Phi) is 3.39. The summed E-state index contributed by atoms with van der Waals surface area (Å²) in [7, 11) is 0. The van der Waals surface area contributed by atoms with Gasteiger partial charge >= 0.3 is 0 Å². The second-order valence-corrected chi connectivity index (χ2v) is 6.05. The molecule has 3 N–H and O–H groups in total. The molecule has 98 valence electrons. The first kappa shape index (κ1) is 13.0. The van der Waals surface area contributed by atoms with E-state index < -0.39 is 0 Å². The van der Waals surface area contributed by atoms with Gasteiger partial charge in [0.1, 0.15) is 11.3 Å². The van der Waals surface area contributed by atoms with Crippen molar-refractivity contribution in [2.24, 2.45) is 11.1 Å². The number of fused-ring (bicyclic) bond motifs is 1. The minimum atomic E-state index is -0.292. The summed E-state index contributed by atoms with van der Waals surface area (Å²) in [4.78, 5) is 7.39. The Balaban J connectivity index is 2.15. The van der Waals surface area contributed by atoms with Gasteiger partial charge in [0.15, 0.2) is 5.82 Å².